The summed E-state index contributed by atoms with van der Waals surface area (Å²) in [5.41, 5.74) is 0.414. The smallest absolute Gasteiger partial charge is 0.276 e. The molecule has 0 unspecified atom stereocenters. The topological polar surface area (TPSA) is 84.6 Å². The van der Waals surface area contributed by atoms with Crippen LogP contribution in [0.4, 0.5) is 5.69 Å². The Morgan fingerprint density at radius 2 is 2.05 bits per heavy atom. The lowest BCUT2D eigenvalue weighted by molar-refractivity contribution is -0.385. The second-order valence-corrected chi connectivity index (χ2v) is 6.28. The molecule has 2 aliphatic rings. The number of benzene rings is 1. The minimum absolute atomic E-state index is 0.00965. The third kappa shape index (κ3) is 3.19. The summed E-state index contributed by atoms with van der Waals surface area (Å²) in [6.07, 6.45) is 6.03. The molecule has 114 valence electrons. The number of carbonyl (C=O) groups excluding carboxylic acids is 1. The first-order valence-corrected chi connectivity index (χ1v) is 7.97. The Bertz CT molecular complexity index is 678. The van der Waals surface area contributed by atoms with Crippen LogP contribution in [0.3, 0.4) is 0 Å². The predicted octanol–water partition coefficient (Wildman–Crippen LogP) is 3.10. The zero-order valence-corrected chi connectivity index (χ0v) is 12.6. The van der Waals surface area contributed by atoms with Gasteiger partial charge in [0.2, 0.25) is 0 Å². The van der Waals surface area contributed by atoms with Gasteiger partial charge in [0, 0.05) is 6.07 Å². The number of para-hydroxylation sites is 1. The standard InChI is InChI=1S/C15H15N3O3S/c19-14-13(9-10-5-1-4-8-12(10)18(20)21)22-15(17-14)16-11-6-2-3-7-11/h1,4-5,8-9,11H,2-3,6-7H2,(H,16,17,19)/b13-9+. The molecule has 0 spiro atoms. The Morgan fingerprint density at radius 3 is 2.77 bits per heavy atom. The van der Waals surface area contributed by atoms with Gasteiger partial charge < -0.3 is 5.32 Å². The molecule has 6 nitrogen and oxygen atoms in total. The van der Waals surface area contributed by atoms with Crippen molar-refractivity contribution in [1.29, 1.82) is 0 Å². The highest BCUT2D eigenvalue weighted by Crippen LogP contribution is 2.30. The summed E-state index contributed by atoms with van der Waals surface area (Å²) < 4.78 is 0. The number of nitrogens with zero attached hydrogens (tertiary/aromatic N) is 2. The van der Waals surface area contributed by atoms with Gasteiger partial charge in [-0.15, -0.1) is 0 Å². The molecule has 1 aliphatic carbocycles. The number of thioether (sulfide) groups is 1. The molecule has 1 saturated carbocycles. The summed E-state index contributed by atoms with van der Waals surface area (Å²) in [6.45, 7) is 0. The van der Waals surface area contributed by atoms with Crippen molar-refractivity contribution in [2.75, 3.05) is 0 Å². The normalized spacial score (nSPS) is 22.5. The Morgan fingerprint density at radius 1 is 1.32 bits per heavy atom. The second-order valence-electron chi connectivity index (χ2n) is 5.25. The van der Waals surface area contributed by atoms with E-state index >= 15 is 0 Å². The fourth-order valence-electron chi connectivity index (χ4n) is 2.60. The lowest BCUT2D eigenvalue weighted by Crippen LogP contribution is -2.21. The first kappa shape index (κ1) is 14.8. The predicted molar refractivity (Wildman–Crippen MR) is 86.5 cm³/mol. The van der Waals surface area contributed by atoms with Crippen molar-refractivity contribution in [1.82, 2.24) is 5.32 Å². The molecule has 22 heavy (non-hydrogen) atoms. The molecule has 0 atom stereocenters. The molecule has 0 aromatic heterocycles. The highest BCUT2D eigenvalue weighted by atomic mass is 32.2. The van der Waals surface area contributed by atoms with Crippen LogP contribution >= 0.6 is 11.8 Å². The first-order chi connectivity index (χ1) is 10.6. The summed E-state index contributed by atoms with van der Waals surface area (Å²) in [6, 6.07) is 6.66. The summed E-state index contributed by atoms with van der Waals surface area (Å²) in [5.74, 6) is -0.250. The zero-order chi connectivity index (χ0) is 15.5. The van der Waals surface area contributed by atoms with Crippen LogP contribution in [0.25, 0.3) is 6.08 Å². The van der Waals surface area contributed by atoms with Gasteiger partial charge in [0.05, 0.1) is 21.4 Å². The number of nitrogens with one attached hydrogen (secondary N) is 1. The van der Waals surface area contributed by atoms with E-state index in [2.05, 4.69) is 10.3 Å². The van der Waals surface area contributed by atoms with Crippen molar-refractivity contribution < 1.29 is 9.72 Å². The van der Waals surface area contributed by atoms with Crippen LogP contribution in [0, 0.1) is 10.1 Å². The summed E-state index contributed by atoms with van der Waals surface area (Å²) in [4.78, 5) is 27.5. The van der Waals surface area contributed by atoms with E-state index in [0.29, 0.717) is 15.6 Å². The average Bonchev–Trinajstić information content (AvgIpc) is 3.10. The van der Waals surface area contributed by atoms with Crippen LogP contribution in [-0.2, 0) is 4.79 Å². The maximum Gasteiger partial charge on any atom is 0.276 e. The molecule has 1 aromatic carbocycles. The molecule has 1 amide bonds. The van der Waals surface area contributed by atoms with E-state index in [1.54, 1.807) is 24.3 Å². The summed E-state index contributed by atoms with van der Waals surface area (Å²) in [5, 5.41) is 14.4. The molecule has 2 fully saturated rings. The number of amides is 1. The van der Waals surface area contributed by atoms with E-state index in [-0.39, 0.29) is 17.6 Å². The van der Waals surface area contributed by atoms with Gasteiger partial charge in [0.25, 0.3) is 11.6 Å². The quantitative estimate of drug-likeness (QED) is 0.527. The Labute approximate surface area is 131 Å². The van der Waals surface area contributed by atoms with E-state index in [0.717, 1.165) is 12.8 Å². The summed E-state index contributed by atoms with van der Waals surface area (Å²) in [7, 11) is 0. The first-order valence-electron chi connectivity index (χ1n) is 7.15. The molecule has 1 aromatic rings. The Kier molecular flexibility index (Phi) is 4.24. The van der Waals surface area contributed by atoms with E-state index in [1.807, 2.05) is 0 Å². The number of amidine groups is 1. The molecule has 0 radical (unpaired) electrons. The van der Waals surface area contributed by atoms with E-state index in [1.165, 1.54) is 30.7 Å². The lowest BCUT2D eigenvalue weighted by atomic mass is 10.1. The van der Waals surface area contributed by atoms with Gasteiger partial charge in [-0.05, 0) is 36.7 Å². The number of aliphatic imine (C=N–C) groups is 1. The van der Waals surface area contributed by atoms with E-state index in [9.17, 15) is 14.9 Å². The molecule has 3 rings (SSSR count). The van der Waals surface area contributed by atoms with Gasteiger partial charge >= 0.3 is 0 Å². The maximum absolute atomic E-state index is 12.0. The van der Waals surface area contributed by atoms with Crippen molar-refractivity contribution in [3.05, 3.63) is 44.8 Å². The van der Waals surface area contributed by atoms with E-state index in [4.69, 9.17) is 0 Å². The third-order valence-electron chi connectivity index (χ3n) is 3.70. The molecule has 1 N–H and O–H groups in total. The van der Waals surface area contributed by atoms with Crippen molar-refractivity contribution in [3.63, 3.8) is 0 Å². The minimum Gasteiger partial charge on any atom is -0.301 e. The molecule has 7 heteroatoms. The zero-order valence-electron chi connectivity index (χ0n) is 11.8. The average molecular weight is 317 g/mol. The minimum atomic E-state index is -0.447. The maximum atomic E-state index is 12.0. The van der Waals surface area contributed by atoms with Crippen LogP contribution < -0.4 is 5.32 Å². The van der Waals surface area contributed by atoms with Gasteiger partial charge in [0.1, 0.15) is 0 Å². The highest BCUT2D eigenvalue weighted by molar-refractivity contribution is 8.18. The van der Waals surface area contributed by atoms with Gasteiger partial charge in [-0.1, -0.05) is 25.0 Å². The fourth-order valence-corrected chi connectivity index (χ4v) is 3.49. The van der Waals surface area contributed by atoms with Crippen LogP contribution in [0.1, 0.15) is 31.2 Å². The number of hydrogen-bond donors (Lipinski definition) is 1. The number of carbonyl (C=O) groups is 1. The van der Waals surface area contributed by atoms with Crippen LogP contribution in [0.2, 0.25) is 0 Å². The van der Waals surface area contributed by atoms with Gasteiger partial charge in [0.15, 0.2) is 5.17 Å². The Hall–Kier alpha value is -2.15. The molecule has 1 aliphatic heterocycles. The summed E-state index contributed by atoms with van der Waals surface area (Å²) >= 11 is 1.25. The van der Waals surface area contributed by atoms with Crippen molar-refractivity contribution in [2.24, 2.45) is 4.99 Å². The molecule has 1 heterocycles. The molecular weight excluding hydrogens is 302 g/mol. The number of nitro benzene ring substituents is 1. The number of hydrogen-bond acceptors (Lipinski definition) is 5. The van der Waals surface area contributed by atoms with Crippen molar-refractivity contribution in [2.45, 2.75) is 31.7 Å². The number of rotatable bonds is 3. The second kappa shape index (κ2) is 6.31. The monoisotopic (exact) mass is 317 g/mol. The largest absolute Gasteiger partial charge is 0.301 e. The van der Waals surface area contributed by atoms with Crippen LogP contribution in [-0.4, -0.2) is 22.0 Å². The third-order valence-corrected chi connectivity index (χ3v) is 4.62. The van der Waals surface area contributed by atoms with Gasteiger partial charge in [-0.3, -0.25) is 19.9 Å². The van der Waals surface area contributed by atoms with Crippen LogP contribution in [0.15, 0.2) is 34.2 Å². The molecular formula is C15H15N3O3S. The van der Waals surface area contributed by atoms with E-state index < -0.39 is 4.92 Å². The molecule has 1 saturated heterocycles. The van der Waals surface area contributed by atoms with Gasteiger partial charge in [-0.25, -0.2) is 0 Å². The van der Waals surface area contributed by atoms with Gasteiger partial charge in [-0.2, -0.15) is 0 Å². The number of nitro groups is 1. The van der Waals surface area contributed by atoms with Crippen LogP contribution in [0.5, 0.6) is 0 Å². The van der Waals surface area contributed by atoms with Crippen molar-refractivity contribution >= 4 is 34.6 Å². The Balaban J connectivity index is 1.83. The van der Waals surface area contributed by atoms with Crippen molar-refractivity contribution in [3.8, 4) is 0 Å². The molecule has 0 bridgehead atoms. The highest BCUT2D eigenvalue weighted by Gasteiger charge is 2.26. The lowest BCUT2D eigenvalue weighted by Gasteiger charge is -2.02. The SMILES string of the molecule is O=C1NC(=NC2CCCC2)S/C1=C/c1ccccc1[N+](=O)[O-]. The fraction of sp³-hybridized carbons (Fsp3) is 0.333.